The number of anilines is 2. The molecular weight excluding hydrogens is 809 g/mol. The fraction of sp³-hybridized carbons (Fsp3) is 0.348. The van der Waals surface area contributed by atoms with Gasteiger partial charge in [0.25, 0.3) is 11.8 Å². The van der Waals surface area contributed by atoms with E-state index in [4.69, 9.17) is 35.5 Å². The Morgan fingerprint density at radius 1 is 0.714 bits per heavy atom. The predicted octanol–water partition coefficient (Wildman–Crippen LogP) is 6.12. The maximum Gasteiger partial charge on any atom is 0.307 e. The van der Waals surface area contributed by atoms with Crippen LogP contribution in [-0.2, 0) is 46.0 Å². The number of nitrogens with two attached hydrogens (primary N) is 2. The molecule has 2 amide bonds. The van der Waals surface area contributed by atoms with Crippen molar-refractivity contribution in [3.05, 3.63) is 95.1 Å². The lowest BCUT2D eigenvalue weighted by molar-refractivity contribution is -0.143. The molecule has 17 heteroatoms. The average molecular weight is 861 g/mol. The van der Waals surface area contributed by atoms with Crippen LogP contribution in [-0.4, -0.2) is 104 Å². The van der Waals surface area contributed by atoms with Gasteiger partial charge < -0.3 is 54.5 Å². The first-order chi connectivity index (χ1) is 30.4. The quantitative estimate of drug-likeness (QED) is 0.125. The lowest BCUT2D eigenvalue weighted by Gasteiger charge is -2.28. The summed E-state index contributed by atoms with van der Waals surface area (Å²) >= 11 is 0. The number of hydrogen-bond acceptors (Lipinski definition) is 12. The summed E-state index contributed by atoms with van der Waals surface area (Å²) < 4.78 is 25.6. The third kappa shape index (κ3) is 10.2. The van der Waals surface area contributed by atoms with Gasteiger partial charge in [-0.1, -0.05) is 12.1 Å². The fourth-order valence-corrected chi connectivity index (χ4v) is 7.61. The van der Waals surface area contributed by atoms with E-state index >= 15 is 0 Å². The van der Waals surface area contributed by atoms with Crippen LogP contribution in [0.3, 0.4) is 0 Å². The van der Waals surface area contributed by atoms with E-state index in [1.54, 1.807) is 50.1 Å². The van der Waals surface area contributed by atoms with Gasteiger partial charge in [-0.3, -0.25) is 19.2 Å². The summed E-state index contributed by atoms with van der Waals surface area (Å²) in [5.41, 5.74) is 18.0. The second-order valence-electron chi connectivity index (χ2n) is 15.3. The summed E-state index contributed by atoms with van der Waals surface area (Å²) in [6.45, 7) is 5.74. The zero-order valence-electron chi connectivity index (χ0n) is 35.7. The summed E-state index contributed by atoms with van der Waals surface area (Å²) in [4.78, 5) is 59.7. The number of aliphatic carboxylic acids is 1. The number of imidazole rings is 2. The Morgan fingerprint density at radius 3 is 1.62 bits per heavy atom. The van der Waals surface area contributed by atoms with E-state index in [2.05, 4.69) is 9.97 Å². The minimum Gasteiger partial charge on any atom is -0.481 e. The Kier molecular flexibility index (Phi) is 13.7. The first-order valence-corrected chi connectivity index (χ1v) is 21.0. The van der Waals surface area contributed by atoms with Gasteiger partial charge in [0.05, 0.1) is 30.5 Å². The molecule has 63 heavy (non-hydrogen) atoms. The molecule has 4 aromatic carbocycles. The molecule has 0 radical (unpaired) electrons. The molecular formula is C46H52N8O9. The number of carbonyl (C=O) groups excluding carboxylic acids is 3. The van der Waals surface area contributed by atoms with E-state index in [1.165, 1.54) is 12.8 Å². The minimum atomic E-state index is -0.910. The number of amides is 2. The molecule has 3 aliphatic rings. The second kappa shape index (κ2) is 19.7. The molecule has 0 spiro atoms. The first-order valence-electron chi connectivity index (χ1n) is 21.0. The van der Waals surface area contributed by atoms with Crippen LogP contribution in [0.1, 0.15) is 64.4 Å². The Hall–Kier alpha value is -7.14. The number of ether oxygens (including phenoxy) is 4. The van der Waals surface area contributed by atoms with Crippen molar-refractivity contribution in [2.75, 3.05) is 57.5 Å². The SMILES string of the molecule is C1CCOC1.CCOC(=O)CCN1CCc2cc(Oc3cccc4c3nc(N)n4C)ccc2C1=O.Cn1c(N)nc2c(Oc3ccc4c(c3)CCN(CCC(=O)O)C4=O)cccc21. The molecule has 0 aliphatic carbocycles. The van der Waals surface area contributed by atoms with Crippen LogP contribution >= 0.6 is 0 Å². The molecule has 2 aromatic heterocycles. The normalized spacial score (nSPS) is 14.3. The number of fused-ring (bicyclic) bond motifs is 4. The number of esters is 1. The van der Waals surface area contributed by atoms with Crippen molar-refractivity contribution in [1.82, 2.24) is 28.9 Å². The van der Waals surface area contributed by atoms with Crippen LogP contribution < -0.4 is 20.9 Å². The van der Waals surface area contributed by atoms with Gasteiger partial charge in [0.2, 0.25) is 11.9 Å². The zero-order valence-corrected chi connectivity index (χ0v) is 35.7. The van der Waals surface area contributed by atoms with Crippen LogP contribution in [0.5, 0.6) is 23.0 Å². The Balaban J connectivity index is 0.000000170. The molecule has 1 fully saturated rings. The lowest BCUT2D eigenvalue weighted by atomic mass is 9.98. The van der Waals surface area contributed by atoms with E-state index in [0.717, 1.165) is 35.4 Å². The predicted molar refractivity (Wildman–Crippen MR) is 236 cm³/mol. The van der Waals surface area contributed by atoms with Gasteiger partial charge in [-0.05, 0) is 104 Å². The number of nitrogen functional groups attached to an aromatic ring is 2. The van der Waals surface area contributed by atoms with E-state index in [-0.39, 0.29) is 37.2 Å². The van der Waals surface area contributed by atoms with Gasteiger partial charge in [-0.2, -0.15) is 0 Å². The van der Waals surface area contributed by atoms with Crippen molar-refractivity contribution >= 4 is 57.7 Å². The Morgan fingerprint density at radius 2 is 1.19 bits per heavy atom. The Bertz CT molecular complexity index is 2640. The van der Waals surface area contributed by atoms with E-state index in [0.29, 0.717) is 96.1 Å². The summed E-state index contributed by atoms with van der Waals surface area (Å²) in [5, 5.41) is 8.83. The van der Waals surface area contributed by atoms with Gasteiger partial charge >= 0.3 is 11.9 Å². The van der Waals surface area contributed by atoms with Crippen LogP contribution in [0.25, 0.3) is 22.1 Å². The number of nitrogens with zero attached hydrogens (tertiary/aromatic N) is 6. The summed E-state index contributed by atoms with van der Waals surface area (Å²) in [5.74, 6) is 1.85. The van der Waals surface area contributed by atoms with Gasteiger partial charge in [0.15, 0.2) is 11.5 Å². The number of benzene rings is 4. The number of aromatic nitrogens is 4. The standard InChI is InChI=1S/C22H24N4O4.C20H20N4O4.C4H8O/c1-3-29-19(27)10-12-26-11-9-14-13-15(7-8-16(14)21(26)28)30-18-6-4-5-17-20(18)24-22(23)25(17)2;1-23-15-3-2-4-16(18(15)22-20(23)21)28-13-5-6-14-12(11-13)7-9-24(19(14)27)10-8-17(25)26;1-2-4-5-3-1/h4-8,13H,3,9-12H2,1-2H3,(H2,23,24);2-6,11H,7-10H2,1H3,(H2,21,22)(H,25,26);1-4H2. The third-order valence-corrected chi connectivity index (χ3v) is 11.1. The fourth-order valence-electron chi connectivity index (χ4n) is 7.61. The van der Waals surface area contributed by atoms with Crippen LogP contribution in [0.15, 0.2) is 72.8 Å². The number of hydrogen-bond donors (Lipinski definition) is 3. The molecule has 0 atom stereocenters. The molecule has 0 unspecified atom stereocenters. The van der Waals surface area contributed by atoms with Gasteiger partial charge in [0, 0.05) is 64.6 Å². The van der Waals surface area contributed by atoms with Crippen molar-refractivity contribution in [1.29, 1.82) is 0 Å². The molecule has 9 rings (SSSR count). The number of carbonyl (C=O) groups is 4. The summed E-state index contributed by atoms with van der Waals surface area (Å²) in [6, 6.07) is 22.0. The van der Waals surface area contributed by atoms with Gasteiger partial charge in [-0.25, -0.2) is 9.97 Å². The van der Waals surface area contributed by atoms with Crippen LogP contribution in [0.4, 0.5) is 11.9 Å². The van der Waals surface area contributed by atoms with Crippen molar-refractivity contribution in [3.8, 4) is 23.0 Å². The van der Waals surface area contributed by atoms with Crippen molar-refractivity contribution in [2.45, 2.75) is 45.4 Å². The van der Waals surface area contributed by atoms with E-state index in [1.807, 2.05) is 62.6 Å². The van der Waals surface area contributed by atoms with E-state index < -0.39 is 5.97 Å². The molecule has 1 saturated heterocycles. The maximum absolute atomic E-state index is 12.8. The van der Waals surface area contributed by atoms with Crippen LogP contribution in [0.2, 0.25) is 0 Å². The van der Waals surface area contributed by atoms with Gasteiger partial charge in [-0.15, -0.1) is 0 Å². The molecule has 0 saturated carbocycles. The average Bonchev–Trinajstić information content (AvgIpc) is 4.03. The molecule has 3 aliphatic heterocycles. The largest absolute Gasteiger partial charge is 0.481 e. The molecule has 6 aromatic rings. The van der Waals surface area contributed by atoms with Crippen LogP contribution in [0, 0.1) is 0 Å². The number of carboxylic acid groups (broad SMARTS) is 1. The van der Waals surface area contributed by atoms with E-state index in [9.17, 15) is 19.2 Å². The Labute approximate surface area is 364 Å². The summed E-state index contributed by atoms with van der Waals surface area (Å²) in [6.07, 6.45) is 4.05. The molecule has 5 N–H and O–H groups in total. The monoisotopic (exact) mass is 860 g/mol. The number of rotatable bonds is 11. The highest BCUT2D eigenvalue weighted by Crippen LogP contribution is 2.34. The zero-order chi connectivity index (χ0) is 44.6. The minimum absolute atomic E-state index is 0.0561. The topological polar surface area (TPSA) is 220 Å². The molecule has 17 nitrogen and oxygen atoms in total. The molecule has 330 valence electrons. The third-order valence-electron chi connectivity index (χ3n) is 11.1. The molecule has 0 bridgehead atoms. The number of carboxylic acids is 1. The highest BCUT2D eigenvalue weighted by atomic mass is 16.5. The lowest BCUT2D eigenvalue weighted by Crippen LogP contribution is -2.39. The summed E-state index contributed by atoms with van der Waals surface area (Å²) in [7, 11) is 3.70. The molecule has 5 heterocycles. The van der Waals surface area contributed by atoms with Gasteiger partial charge in [0.1, 0.15) is 22.5 Å². The van der Waals surface area contributed by atoms with Crippen molar-refractivity contribution < 1.29 is 43.2 Å². The number of para-hydroxylation sites is 2. The highest BCUT2D eigenvalue weighted by molar-refractivity contribution is 5.98. The van der Waals surface area contributed by atoms with Crippen molar-refractivity contribution in [3.63, 3.8) is 0 Å². The van der Waals surface area contributed by atoms with Crippen molar-refractivity contribution in [2.24, 2.45) is 14.1 Å². The number of aryl methyl sites for hydroxylation is 2. The second-order valence-corrected chi connectivity index (χ2v) is 15.3. The highest BCUT2D eigenvalue weighted by Gasteiger charge is 2.27. The first kappa shape index (κ1) is 43.9. The smallest absolute Gasteiger partial charge is 0.307 e. The maximum atomic E-state index is 12.8.